The smallest absolute Gasteiger partial charge is 0.127 e. The van der Waals surface area contributed by atoms with E-state index in [1.165, 1.54) is 38.5 Å². The Balaban J connectivity index is 1.95. The van der Waals surface area contributed by atoms with E-state index >= 15 is 0 Å². The van der Waals surface area contributed by atoms with Crippen LogP contribution < -0.4 is 47.4 Å². The van der Waals surface area contributed by atoms with Gasteiger partial charge in [0.2, 0.25) is 0 Å². The van der Waals surface area contributed by atoms with Gasteiger partial charge in [-0.2, -0.15) is 0 Å². The molecule has 132 heavy (non-hydrogen) atoms. The summed E-state index contributed by atoms with van der Waals surface area (Å²) < 4.78 is 71.7. The topological polar surface area (TPSA) is 92.3 Å². The van der Waals surface area contributed by atoms with E-state index in [0.717, 1.165) is 331 Å². The molecule has 0 heterocycles. The second-order valence-electron chi connectivity index (χ2n) is 38.7. The van der Waals surface area contributed by atoms with Crippen LogP contribution in [0.4, 0.5) is 0 Å². The van der Waals surface area contributed by atoms with Gasteiger partial charge in [0.15, 0.2) is 0 Å². The third kappa shape index (κ3) is 42.4. The van der Waals surface area contributed by atoms with Gasteiger partial charge in [-0.25, -0.2) is 0 Å². The molecule has 0 saturated heterocycles. The van der Waals surface area contributed by atoms with Crippen molar-refractivity contribution in [3.8, 4) is 57.5 Å². The zero-order valence-electron chi connectivity index (χ0n) is 88.2. The van der Waals surface area contributed by atoms with Crippen molar-refractivity contribution >= 4 is 60.8 Å². The molecule has 0 radical (unpaired) electrons. The van der Waals surface area contributed by atoms with Gasteiger partial charge in [0.25, 0.3) is 0 Å². The summed E-state index contributed by atoms with van der Waals surface area (Å²) >= 11 is 0. The molecule has 10 nitrogen and oxygen atoms in total. The van der Waals surface area contributed by atoms with Crippen molar-refractivity contribution in [2.75, 3.05) is 66.1 Å². The monoisotopic (exact) mass is 1820 g/mol. The zero-order chi connectivity index (χ0) is 95.9. The number of rotatable bonds is 80. The Morgan fingerprint density at radius 2 is 0.265 bits per heavy atom. The second-order valence-corrected chi connectivity index (χ2v) is 38.7. The summed E-state index contributed by atoms with van der Waals surface area (Å²) in [5.41, 5.74) is 9.43. The highest BCUT2D eigenvalue weighted by Gasteiger charge is 2.24. The summed E-state index contributed by atoms with van der Waals surface area (Å²) in [6, 6.07) is 22.2. The molecule has 10 unspecified atom stereocenters. The summed E-state index contributed by atoms with van der Waals surface area (Å²) in [7, 11) is 0. The maximum Gasteiger partial charge on any atom is 0.127 e. The molecule has 10 heteroatoms. The van der Waals surface area contributed by atoms with E-state index in [2.05, 4.69) is 261 Å². The van der Waals surface area contributed by atoms with Crippen molar-refractivity contribution in [3.63, 3.8) is 0 Å². The molecule has 5 aromatic rings. The molecule has 0 bridgehead atoms. The third-order valence-electron chi connectivity index (χ3n) is 28.1. The van der Waals surface area contributed by atoms with Gasteiger partial charge in [-0.1, -0.05) is 405 Å². The molecule has 0 aliphatic heterocycles. The zero-order valence-corrected chi connectivity index (χ0v) is 88.2. The lowest BCUT2D eigenvalue weighted by Gasteiger charge is -2.22. The van der Waals surface area contributed by atoms with Crippen molar-refractivity contribution in [1.82, 2.24) is 0 Å². The molecule has 10 atom stereocenters. The summed E-state index contributed by atoms with van der Waals surface area (Å²) in [5.74, 6) is 12.2. The summed E-state index contributed by atoms with van der Waals surface area (Å²) in [5, 5.41) is 0. The largest absolute Gasteiger partial charge is 0.493 e. The number of unbranched alkanes of at least 4 members (excludes halogenated alkanes) is 10. The molecule has 5 aromatic carbocycles. The lowest BCUT2D eigenvalue weighted by molar-refractivity contribution is 0.227. The van der Waals surface area contributed by atoms with E-state index in [0.29, 0.717) is 125 Å². The van der Waals surface area contributed by atoms with Crippen molar-refractivity contribution in [2.45, 2.75) is 395 Å². The molecular weight excluding hydrogens is 1630 g/mol. The van der Waals surface area contributed by atoms with Crippen molar-refractivity contribution < 1.29 is 47.4 Å². The van der Waals surface area contributed by atoms with Crippen LogP contribution in [0.2, 0.25) is 0 Å². The summed E-state index contributed by atoms with van der Waals surface area (Å²) in [6.45, 7) is 60.7. The lowest BCUT2D eigenvalue weighted by Crippen LogP contribution is -2.14. The van der Waals surface area contributed by atoms with Crippen LogP contribution in [0.5, 0.6) is 57.5 Å². The molecule has 0 aliphatic rings. The van der Waals surface area contributed by atoms with Crippen LogP contribution in [-0.2, 0) is 0 Å². The Bertz CT molecular complexity index is 3750. The van der Waals surface area contributed by atoms with Crippen molar-refractivity contribution in [2.24, 2.45) is 59.2 Å². The molecule has 742 valence electrons. The van der Waals surface area contributed by atoms with E-state index in [4.69, 9.17) is 47.4 Å². The minimum Gasteiger partial charge on any atom is -0.493 e. The van der Waals surface area contributed by atoms with Crippen LogP contribution in [0, 0.1) is 59.2 Å². The minimum absolute atomic E-state index is 0.372. The summed E-state index contributed by atoms with van der Waals surface area (Å²) in [4.78, 5) is 0. The van der Waals surface area contributed by atoms with Gasteiger partial charge in [0.1, 0.15) is 57.5 Å². The lowest BCUT2D eigenvalue weighted by atomic mass is 9.99. The number of hydrogen-bond donors (Lipinski definition) is 0. The Hall–Kier alpha value is -7.46. The third-order valence-corrected chi connectivity index (χ3v) is 28.1. The van der Waals surface area contributed by atoms with Crippen molar-refractivity contribution in [3.05, 3.63) is 129 Å². The molecule has 0 fully saturated rings. The summed E-state index contributed by atoms with van der Waals surface area (Å²) in [6.07, 6.45) is 66.4. The molecule has 0 spiro atoms. The minimum atomic E-state index is 0.372. The van der Waals surface area contributed by atoms with Gasteiger partial charge in [0.05, 0.1) is 66.1 Å². The average molecular weight is 1820 g/mol. The van der Waals surface area contributed by atoms with E-state index in [1.807, 2.05) is 12.2 Å². The van der Waals surface area contributed by atoms with E-state index in [9.17, 15) is 0 Å². The van der Waals surface area contributed by atoms with Gasteiger partial charge in [0, 0.05) is 55.6 Å². The van der Waals surface area contributed by atoms with E-state index in [1.54, 1.807) is 0 Å². The van der Waals surface area contributed by atoms with Gasteiger partial charge in [-0.05, 0) is 184 Å². The Labute approximate surface area is 810 Å². The van der Waals surface area contributed by atoms with Crippen molar-refractivity contribution in [1.29, 1.82) is 0 Å². The van der Waals surface area contributed by atoms with Gasteiger partial charge < -0.3 is 47.4 Å². The highest BCUT2D eigenvalue weighted by Crippen LogP contribution is 2.43. The fourth-order valence-corrected chi connectivity index (χ4v) is 17.3. The first kappa shape index (κ1) is 115. The first-order chi connectivity index (χ1) is 64.5. The average Bonchev–Trinajstić information content (AvgIpc) is 0.801. The number of hydrogen-bond acceptors (Lipinski definition) is 10. The standard InChI is InChI=1S/C122H194O10/c1-23-45-55-93(33-11)83-123-113-75-105(115(73-103(113)43-21)125-85-95(35-13)57-47-25-3)65-67-107-77-119(129-89-99(39-17)61-51-29-7)109(79-117(107)127-87-97(37-15)59-49-27-5)69-71-111-81-122(132-92-102(42-20)64-54-32-10)112(82-121(111)131-91-101(41-19)63-53-31-9)72-70-110-80-118(128-88-98(38-16)60-50-28-6)108(78-120(110)130-90-100(40-18)62-52-30-8)68-66-106-76-114(124-84-94(34-12)56-46-24-2)104(44-22)74-116(106)126-86-96(36-14)58-48-26-4/h43-44,65-82,93-102H,21-42,45-64,83-92H2,1-20H3/b67-65+,68-66+,71-69+,72-70+. The van der Waals surface area contributed by atoms with Gasteiger partial charge >= 0.3 is 0 Å². The molecule has 0 aliphatic carbocycles. The predicted molar refractivity (Wildman–Crippen MR) is 576 cm³/mol. The van der Waals surface area contributed by atoms with E-state index < -0.39 is 0 Å². The van der Waals surface area contributed by atoms with Crippen LogP contribution in [-0.4, -0.2) is 66.1 Å². The van der Waals surface area contributed by atoms with E-state index in [-0.39, 0.29) is 0 Å². The van der Waals surface area contributed by atoms with Gasteiger partial charge in [-0.15, -0.1) is 0 Å². The molecule has 5 rings (SSSR count). The first-order valence-electron chi connectivity index (χ1n) is 54.6. The molecule has 0 N–H and O–H groups in total. The number of benzene rings is 5. The molecule has 0 aromatic heterocycles. The predicted octanol–water partition coefficient (Wildman–Crippen LogP) is 37.6. The van der Waals surface area contributed by atoms with Crippen LogP contribution in [0.25, 0.3) is 60.8 Å². The second kappa shape index (κ2) is 70.2. The van der Waals surface area contributed by atoms with Crippen LogP contribution in [0.3, 0.4) is 0 Å². The Morgan fingerprint density at radius 3 is 0.356 bits per heavy atom. The SMILES string of the molecule is C=Cc1cc(OCC(CC)CCCC)c(/C=C/c2cc(OCC(CC)CCCC)c(/C=C/c3cc(OCC(CC)CCCC)c(/C=C/c4cc(OCC(CC)CCCC)c(/C=C/c5cc(OCC(CC)CCCC)c(C=C)cc5OCC(CC)CCCC)cc4OCC(CC)CCCC)cc3OCC(CC)CCCC)cc2OCC(CC)CCCC)cc1OCC(CC)CCCC. The van der Waals surface area contributed by atoms with Crippen LogP contribution >= 0.6 is 0 Å². The number of ether oxygens (including phenoxy) is 10. The van der Waals surface area contributed by atoms with Gasteiger partial charge in [-0.3, -0.25) is 0 Å². The molecule has 0 saturated carbocycles. The van der Waals surface area contributed by atoms with Crippen LogP contribution in [0.15, 0.2) is 73.8 Å². The fraction of sp³-hybridized carbons (Fsp3) is 0.656. The Kier molecular flexibility index (Phi) is 61.2. The molecule has 0 amide bonds. The Morgan fingerprint density at radius 1 is 0.167 bits per heavy atom. The fourth-order valence-electron chi connectivity index (χ4n) is 17.3. The quantitative estimate of drug-likeness (QED) is 0.0351. The van der Waals surface area contributed by atoms with Crippen LogP contribution in [0.1, 0.15) is 451 Å². The molecular formula is C122H194O10. The maximum absolute atomic E-state index is 7.38. The highest BCUT2D eigenvalue weighted by atomic mass is 16.5. The highest BCUT2D eigenvalue weighted by molar-refractivity contribution is 5.85. The normalized spacial score (nSPS) is 14.2. The first-order valence-corrected chi connectivity index (χ1v) is 54.6. The maximum atomic E-state index is 7.38.